The lowest BCUT2D eigenvalue weighted by Crippen LogP contribution is -2.37. The van der Waals surface area contributed by atoms with Crippen LogP contribution in [0, 0.1) is 0 Å². The van der Waals surface area contributed by atoms with Gasteiger partial charge < -0.3 is 10.6 Å². The van der Waals surface area contributed by atoms with E-state index in [0.29, 0.717) is 30.0 Å². The van der Waals surface area contributed by atoms with Crippen LogP contribution in [0.4, 0.5) is 29.1 Å². The Bertz CT molecular complexity index is 1180. The average molecular weight is 495 g/mol. The number of imidazole rings is 1. The highest BCUT2D eigenvalue weighted by molar-refractivity contribution is 7.44. The topological polar surface area (TPSA) is 61.4 Å². The van der Waals surface area contributed by atoms with Crippen LogP contribution in [0.25, 0.3) is 5.65 Å². The second kappa shape index (κ2) is 10.5. The first-order valence-corrected chi connectivity index (χ1v) is 11.3. The number of nitrogens with one attached hydrogen (secondary N) is 2. The standard InChI is InChI=1S/C23H23F4N5OS/c24-19(25)12-28-17-5-2-1-4-16(17)23(33)32(34)15-10-8-14(9-11-15)29-20-6-3-7-21-30-18(22(26)27)13-31(20)21/h1-7,13-15,19,22H,8-12H2,(H-,28,29,30,33)/p+1/t14-,15+. The molecule has 34 heavy (non-hydrogen) atoms. The minimum absolute atomic E-state index is 0.0812. The summed E-state index contributed by atoms with van der Waals surface area (Å²) in [6, 6.07) is 11.6. The molecular weight excluding hydrogens is 470 g/mol. The molecule has 1 saturated carbocycles. The van der Waals surface area contributed by atoms with Gasteiger partial charge in [0.15, 0.2) is 6.04 Å². The Kier molecular flexibility index (Phi) is 7.40. The number of amides is 1. The molecule has 180 valence electrons. The Balaban J connectivity index is 1.38. The van der Waals surface area contributed by atoms with Gasteiger partial charge in [0, 0.05) is 25.1 Å². The number of benzene rings is 1. The zero-order chi connectivity index (χ0) is 24.2. The largest absolute Gasteiger partial charge is 0.435 e. The molecule has 1 amide bonds. The van der Waals surface area contributed by atoms with Crippen LogP contribution in [0.15, 0.2) is 48.7 Å². The van der Waals surface area contributed by atoms with Crippen LogP contribution in [-0.2, 0) is 12.4 Å². The quantitative estimate of drug-likeness (QED) is 0.331. The van der Waals surface area contributed by atoms with E-state index in [1.807, 2.05) is 6.07 Å². The molecule has 0 bridgehead atoms. The lowest BCUT2D eigenvalue weighted by atomic mass is 9.91. The molecule has 2 heterocycles. The number of nitrogens with zero attached hydrogens (tertiary/aromatic N) is 3. The van der Waals surface area contributed by atoms with E-state index in [1.165, 1.54) is 10.1 Å². The third kappa shape index (κ3) is 5.35. The Morgan fingerprint density at radius 2 is 1.82 bits per heavy atom. The molecule has 1 aromatic carbocycles. The summed E-state index contributed by atoms with van der Waals surface area (Å²) < 4.78 is 54.1. The van der Waals surface area contributed by atoms with Gasteiger partial charge in [-0.25, -0.2) is 27.3 Å². The van der Waals surface area contributed by atoms with Crippen LogP contribution < -0.4 is 10.6 Å². The van der Waals surface area contributed by atoms with Crippen molar-refractivity contribution in [2.75, 3.05) is 17.2 Å². The number of aromatic nitrogens is 2. The number of para-hydroxylation sites is 1. The van der Waals surface area contributed by atoms with Gasteiger partial charge in [-0.05, 0) is 37.1 Å². The van der Waals surface area contributed by atoms with Gasteiger partial charge in [0.05, 0.1) is 12.2 Å². The fraction of sp³-hybridized carbons (Fsp3) is 0.391. The maximum absolute atomic E-state index is 13.0. The summed E-state index contributed by atoms with van der Waals surface area (Å²) in [6.07, 6.45) is -1.09. The van der Waals surface area contributed by atoms with E-state index >= 15 is 0 Å². The fourth-order valence-corrected chi connectivity index (χ4v) is 4.52. The SMILES string of the molecule is O=C(c1ccccc1NCC(F)F)[N+](=S)[C@H]1CC[C@@H](Nc2cccc3nc(C(F)F)cn23)CC1. The molecule has 1 fully saturated rings. The van der Waals surface area contributed by atoms with Crippen LogP contribution in [-0.4, -0.2) is 44.3 Å². The summed E-state index contributed by atoms with van der Waals surface area (Å²) in [5.41, 5.74) is 0.756. The summed E-state index contributed by atoms with van der Waals surface area (Å²) >= 11 is 5.42. The average Bonchev–Trinajstić information content (AvgIpc) is 3.28. The first-order valence-electron chi connectivity index (χ1n) is 11.0. The summed E-state index contributed by atoms with van der Waals surface area (Å²) in [7, 11) is 0. The minimum atomic E-state index is -2.64. The number of anilines is 2. The third-order valence-corrected chi connectivity index (χ3v) is 6.38. The molecule has 3 aromatic rings. The van der Waals surface area contributed by atoms with Crippen molar-refractivity contribution in [2.24, 2.45) is 0 Å². The van der Waals surface area contributed by atoms with Gasteiger partial charge in [-0.3, -0.25) is 4.40 Å². The van der Waals surface area contributed by atoms with E-state index in [1.54, 1.807) is 40.8 Å². The fourth-order valence-electron chi connectivity index (χ4n) is 4.21. The van der Waals surface area contributed by atoms with Crippen molar-refractivity contribution in [2.45, 2.75) is 50.6 Å². The van der Waals surface area contributed by atoms with Crippen molar-refractivity contribution < 1.29 is 26.3 Å². The highest BCUT2D eigenvalue weighted by Gasteiger charge is 2.35. The Morgan fingerprint density at radius 1 is 1.09 bits per heavy atom. The number of carbonyl (C=O) groups is 1. The zero-order valence-electron chi connectivity index (χ0n) is 18.1. The van der Waals surface area contributed by atoms with Gasteiger partial charge in [-0.2, -0.15) is 0 Å². The monoisotopic (exact) mass is 494 g/mol. The molecule has 6 nitrogen and oxygen atoms in total. The minimum Gasteiger partial charge on any atom is -0.379 e. The van der Waals surface area contributed by atoms with E-state index in [4.69, 9.17) is 12.4 Å². The van der Waals surface area contributed by atoms with Gasteiger partial charge in [0.25, 0.3) is 25.3 Å². The van der Waals surface area contributed by atoms with Crippen LogP contribution >= 0.6 is 0 Å². The molecule has 1 aliphatic rings. The van der Waals surface area contributed by atoms with Crippen LogP contribution in [0.2, 0.25) is 0 Å². The molecule has 11 heteroatoms. The maximum Gasteiger partial charge on any atom is 0.435 e. The van der Waals surface area contributed by atoms with E-state index < -0.39 is 25.3 Å². The number of pyridine rings is 1. The van der Waals surface area contributed by atoms with Gasteiger partial charge in [0.2, 0.25) is 0 Å². The number of halogens is 4. The second-order valence-electron chi connectivity index (χ2n) is 8.20. The lowest BCUT2D eigenvalue weighted by Gasteiger charge is -2.27. The molecule has 0 saturated heterocycles. The summed E-state index contributed by atoms with van der Waals surface area (Å²) in [4.78, 5) is 16.9. The molecule has 1 aliphatic carbocycles. The molecule has 0 aliphatic heterocycles. The third-order valence-electron chi connectivity index (χ3n) is 5.92. The maximum atomic E-state index is 13.0. The van der Waals surface area contributed by atoms with Crippen molar-refractivity contribution in [1.82, 2.24) is 9.38 Å². The van der Waals surface area contributed by atoms with Crippen LogP contribution in [0.5, 0.6) is 0 Å². The Morgan fingerprint density at radius 3 is 2.53 bits per heavy atom. The predicted octanol–water partition coefficient (Wildman–Crippen LogP) is 5.26. The smallest absolute Gasteiger partial charge is 0.379 e. The first kappa shape index (κ1) is 24.1. The van der Waals surface area contributed by atoms with Gasteiger partial charge in [-0.1, -0.05) is 22.1 Å². The number of fused-ring (bicyclic) bond motifs is 1. The molecular formula is C23H24F4N5OS+. The van der Waals surface area contributed by atoms with Gasteiger partial charge >= 0.3 is 5.91 Å². The molecule has 0 radical (unpaired) electrons. The molecule has 2 N–H and O–H groups in total. The van der Waals surface area contributed by atoms with Crippen molar-refractivity contribution >= 4 is 35.5 Å². The molecule has 0 spiro atoms. The molecule has 0 atom stereocenters. The second-order valence-corrected chi connectivity index (χ2v) is 8.60. The van der Waals surface area contributed by atoms with Crippen molar-refractivity contribution in [3.8, 4) is 0 Å². The summed E-state index contributed by atoms with van der Waals surface area (Å²) in [5.74, 6) is 0.275. The molecule has 0 unspecified atom stereocenters. The number of carbonyl (C=O) groups excluding carboxylic acids is 1. The first-order chi connectivity index (χ1) is 16.3. The van der Waals surface area contributed by atoms with E-state index in [9.17, 15) is 22.4 Å². The van der Waals surface area contributed by atoms with E-state index in [0.717, 1.165) is 12.8 Å². The lowest BCUT2D eigenvalue weighted by molar-refractivity contribution is -0.448. The van der Waals surface area contributed by atoms with Crippen molar-refractivity contribution in [3.05, 3.63) is 59.9 Å². The predicted molar refractivity (Wildman–Crippen MR) is 123 cm³/mol. The number of alkyl halides is 4. The van der Waals surface area contributed by atoms with Gasteiger partial charge in [0.1, 0.15) is 22.7 Å². The normalized spacial score (nSPS) is 18.4. The van der Waals surface area contributed by atoms with E-state index in [-0.39, 0.29) is 23.3 Å². The van der Waals surface area contributed by atoms with Crippen molar-refractivity contribution in [1.29, 1.82) is 0 Å². The van der Waals surface area contributed by atoms with E-state index in [2.05, 4.69) is 15.6 Å². The van der Waals surface area contributed by atoms with Crippen LogP contribution in [0.3, 0.4) is 0 Å². The molecule has 4 rings (SSSR count). The van der Waals surface area contributed by atoms with Gasteiger partial charge in [-0.15, -0.1) is 0 Å². The molecule has 2 aromatic heterocycles. The number of hydrogen-bond donors (Lipinski definition) is 2. The number of rotatable bonds is 8. The summed E-state index contributed by atoms with van der Waals surface area (Å²) in [5, 5.41) is 5.99. The van der Waals surface area contributed by atoms with Crippen molar-refractivity contribution in [3.63, 3.8) is 0 Å². The Labute approximate surface area is 199 Å². The summed E-state index contributed by atoms with van der Waals surface area (Å²) in [6.45, 7) is -0.555. The van der Waals surface area contributed by atoms with Crippen LogP contribution in [0.1, 0.15) is 48.2 Å². The number of hydrogen-bond acceptors (Lipinski definition) is 5. The highest BCUT2D eigenvalue weighted by Crippen LogP contribution is 2.27. The highest BCUT2D eigenvalue weighted by atomic mass is 32.1. The Hall–Kier alpha value is -3.08. The zero-order valence-corrected chi connectivity index (χ0v) is 19.0.